The maximum Gasteiger partial charge on any atom is 0.127 e. The first-order valence-electron chi connectivity index (χ1n) is 4.24. The second kappa shape index (κ2) is 3.14. The van der Waals surface area contributed by atoms with Crippen molar-refractivity contribution in [3.8, 4) is 5.69 Å². The van der Waals surface area contributed by atoms with Crippen LogP contribution in [0.25, 0.3) is 5.69 Å². The van der Waals surface area contributed by atoms with Gasteiger partial charge in [0.25, 0.3) is 0 Å². The maximum atomic E-state index is 13.1. The summed E-state index contributed by atoms with van der Waals surface area (Å²) < 4.78 is 14.6. The van der Waals surface area contributed by atoms with Crippen LogP contribution in [-0.4, -0.2) is 9.78 Å². The Morgan fingerprint density at radius 2 is 2.14 bits per heavy atom. The molecule has 4 heteroatoms. The van der Waals surface area contributed by atoms with Gasteiger partial charge < -0.3 is 5.73 Å². The first-order valence-corrected chi connectivity index (χ1v) is 4.24. The largest absolute Gasteiger partial charge is 0.384 e. The minimum absolute atomic E-state index is 0.282. The topological polar surface area (TPSA) is 43.8 Å². The van der Waals surface area contributed by atoms with Gasteiger partial charge in [0.1, 0.15) is 11.6 Å². The predicted molar refractivity (Wildman–Crippen MR) is 52.7 cm³/mol. The van der Waals surface area contributed by atoms with E-state index >= 15 is 0 Å². The number of benzene rings is 1. The fourth-order valence-electron chi connectivity index (χ4n) is 1.37. The lowest BCUT2D eigenvalue weighted by molar-refractivity contribution is 0.624. The van der Waals surface area contributed by atoms with Gasteiger partial charge in [0.2, 0.25) is 0 Å². The summed E-state index contributed by atoms with van der Waals surface area (Å²) in [4.78, 5) is 0. The summed E-state index contributed by atoms with van der Waals surface area (Å²) in [5, 5.41) is 3.99. The molecule has 0 aliphatic rings. The Hall–Kier alpha value is -1.84. The summed E-state index contributed by atoms with van der Waals surface area (Å²) in [5.41, 5.74) is 7.14. The van der Waals surface area contributed by atoms with Crippen molar-refractivity contribution in [2.45, 2.75) is 6.92 Å². The van der Waals surface area contributed by atoms with Crippen molar-refractivity contribution in [3.63, 3.8) is 0 Å². The number of halogens is 1. The molecular weight excluding hydrogens is 181 g/mol. The summed E-state index contributed by atoms with van der Waals surface area (Å²) in [6.45, 7) is 1.83. The van der Waals surface area contributed by atoms with Crippen molar-refractivity contribution >= 4 is 5.82 Å². The third kappa shape index (κ3) is 1.46. The zero-order valence-corrected chi connectivity index (χ0v) is 7.74. The number of nitrogen functional groups attached to an aromatic ring is 1. The molecule has 0 aliphatic carbocycles. The van der Waals surface area contributed by atoms with Crippen molar-refractivity contribution in [3.05, 3.63) is 41.8 Å². The molecule has 2 rings (SSSR count). The summed E-state index contributed by atoms with van der Waals surface area (Å²) in [6.07, 6.45) is 1.58. The van der Waals surface area contributed by atoms with E-state index in [2.05, 4.69) is 5.10 Å². The van der Waals surface area contributed by atoms with E-state index in [1.54, 1.807) is 12.3 Å². The van der Waals surface area contributed by atoms with Crippen LogP contribution in [-0.2, 0) is 0 Å². The molecule has 0 bridgehead atoms. The van der Waals surface area contributed by atoms with Crippen LogP contribution in [0.1, 0.15) is 5.56 Å². The molecule has 3 nitrogen and oxygen atoms in total. The van der Waals surface area contributed by atoms with Crippen LogP contribution in [0, 0.1) is 12.7 Å². The Labute approximate surface area is 81.0 Å². The smallest absolute Gasteiger partial charge is 0.127 e. The summed E-state index contributed by atoms with van der Waals surface area (Å²) in [5.74, 6) is 0.213. The number of aryl methyl sites for hydroxylation is 1. The van der Waals surface area contributed by atoms with Gasteiger partial charge in [-0.05, 0) is 30.7 Å². The molecule has 0 amide bonds. The highest BCUT2D eigenvalue weighted by atomic mass is 19.1. The minimum Gasteiger partial charge on any atom is -0.384 e. The van der Waals surface area contributed by atoms with Crippen LogP contribution in [0.4, 0.5) is 10.2 Å². The van der Waals surface area contributed by atoms with E-state index in [4.69, 9.17) is 5.73 Å². The van der Waals surface area contributed by atoms with Gasteiger partial charge in [0.05, 0.1) is 11.9 Å². The number of rotatable bonds is 1. The third-order valence-electron chi connectivity index (χ3n) is 1.94. The van der Waals surface area contributed by atoms with Gasteiger partial charge >= 0.3 is 0 Å². The molecule has 14 heavy (non-hydrogen) atoms. The van der Waals surface area contributed by atoms with Crippen molar-refractivity contribution in [2.75, 3.05) is 5.73 Å². The van der Waals surface area contributed by atoms with Crippen LogP contribution in [0.5, 0.6) is 0 Å². The molecule has 2 aromatic rings. The lowest BCUT2D eigenvalue weighted by Crippen LogP contribution is -2.02. The molecule has 0 radical (unpaired) electrons. The molecule has 1 heterocycles. The number of aromatic nitrogens is 2. The highest BCUT2D eigenvalue weighted by Crippen LogP contribution is 2.15. The molecule has 1 aromatic carbocycles. The van der Waals surface area contributed by atoms with E-state index < -0.39 is 0 Å². The average molecular weight is 191 g/mol. The van der Waals surface area contributed by atoms with Crippen molar-refractivity contribution < 1.29 is 4.39 Å². The highest BCUT2D eigenvalue weighted by Gasteiger charge is 2.03. The van der Waals surface area contributed by atoms with Gasteiger partial charge in [0.15, 0.2) is 0 Å². The number of nitrogens with two attached hydrogens (primary N) is 1. The van der Waals surface area contributed by atoms with Gasteiger partial charge in [0, 0.05) is 6.07 Å². The molecule has 0 fully saturated rings. The van der Waals surface area contributed by atoms with Crippen LogP contribution < -0.4 is 5.73 Å². The van der Waals surface area contributed by atoms with Gasteiger partial charge in [-0.3, -0.25) is 0 Å². The maximum absolute atomic E-state index is 13.1. The molecule has 1 aromatic heterocycles. The number of nitrogens with zero attached hydrogens (tertiary/aromatic N) is 2. The lowest BCUT2D eigenvalue weighted by atomic mass is 10.2. The Bertz CT molecular complexity index is 442. The molecule has 0 saturated heterocycles. The Kier molecular flexibility index (Phi) is 1.96. The van der Waals surface area contributed by atoms with E-state index in [-0.39, 0.29) is 5.82 Å². The second-order valence-electron chi connectivity index (χ2n) is 3.15. The fourth-order valence-corrected chi connectivity index (χ4v) is 1.37. The standard InChI is InChI=1S/C10H10FN3/c1-7-4-8(11)6-9(5-7)14-10(12)2-3-13-14/h2-6H,12H2,1H3. The monoisotopic (exact) mass is 191 g/mol. The molecule has 0 atom stereocenters. The van der Waals surface area contributed by atoms with E-state index in [0.717, 1.165) is 5.56 Å². The second-order valence-corrected chi connectivity index (χ2v) is 3.15. The highest BCUT2D eigenvalue weighted by molar-refractivity contribution is 5.42. The van der Waals surface area contributed by atoms with Crippen molar-refractivity contribution in [1.82, 2.24) is 9.78 Å². The van der Waals surface area contributed by atoms with Crippen LogP contribution in [0.15, 0.2) is 30.5 Å². The molecule has 0 unspecified atom stereocenters. The first-order chi connectivity index (χ1) is 6.66. The summed E-state index contributed by atoms with van der Waals surface area (Å²) in [6, 6.07) is 6.35. The zero-order chi connectivity index (χ0) is 10.1. The quantitative estimate of drug-likeness (QED) is 0.748. The minimum atomic E-state index is -0.282. The normalized spacial score (nSPS) is 10.4. The Morgan fingerprint density at radius 3 is 2.71 bits per heavy atom. The van der Waals surface area contributed by atoms with Crippen LogP contribution in [0.2, 0.25) is 0 Å². The molecule has 72 valence electrons. The number of hydrogen-bond acceptors (Lipinski definition) is 2. The predicted octanol–water partition coefficient (Wildman–Crippen LogP) is 1.90. The lowest BCUT2D eigenvalue weighted by Gasteiger charge is -2.05. The van der Waals surface area contributed by atoms with E-state index in [1.807, 2.05) is 13.0 Å². The van der Waals surface area contributed by atoms with Crippen LogP contribution >= 0.6 is 0 Å². The van der Waals surface area contributed by atoms with Gasteiger partial charge in [-0.15, -0.1) is 0 Å². The SMILES string of the molecule is Cc1cc(F)cc(-n2nccc2N)c1. The average Bonchev–Trinajstić information content (AvgIpc) is 2.49. The van der Waals surface area contributed by atoms with Crippen molar-refractivity contribution in [2.24, 2.45) is 0 Å². The van der Waals surface area contributed by atoms with Crippen LogP contribution in [0.3, 0.4) is 0 Å². The molecule has 0 aliphatic heterocycles. The molecular formula is C10H10FN3. The number of hydrogen-bond donors (Lipinski definition) is 1. The number of anilines is 1. The van der Waals surface area contributed by atoms with E-state index in [1.165, 1.54) is 16.8 Å². The van der Waals surface area contributed by atoms with Gasteiger partial charge in [-0.2, -0.15) is 5.10 Å². The van der Waals surface area contributed by atoms with E-state index in [0.29, 0.717) is 11.5 Å². The van der Waals surface area contributed by atoms with Gasteiger partial charge in [-0.25, -0.2) is 9.07 Å². The Morgan fingerprint density at radius 1 is 1.36 bits per heavy atom. The molecule has 0 spiro atoms. The molecule has 0 saturated carbocycles. The third-order valence-corrected chi connectivity index (χ3v) is 1.94. The Balaban J connectivity index is 2.57. The zero-order valence-electron chi connectivity index (χ0n) is 7.74. The fraction of sp³-hybridized carbons (Fsp3) is 0.100. The van der Waals surface area contributed by atoms with Gasteiger partial charge in [-0.1, -0.05) is 0 Å². The molecule has 2 N–H and O–H groups in total. The van der Waals surface area contributed by atoms with E-state index in [9.17, 15) is 4.39 Å². The summed E-state index contributed by atoms with van der Waals surface area (Å²) in [7, 11) is 0. The first kappa shape index (κ1) is 8.74. The van der Waals surface area contributed by atoms with Crippen molar-refractivity contribution in [1.29, 1.82) is 0 Å². The summed E-state index contributed by atoms with van der Waals surface area (Å²) >= 11 is 0.